The molecule has 0 bridgehead atoms. The third-order valence-corrected chi connectivity index (χ3v) is 3.81. The van der Waals surface area contributed by atoms with Crippen molar-refractivity contribution in [3.8, 4) is 6.07 Å². The van der Waals surface area contributed by atoms with E-state index in [0.29, 0.717) is 11.5 Å². The maximum absolute atomic E-state index is 12.8. The molecule has 2 rings (SSSR count). The van der Waals surface area contributed by atoms with Gasteiger partial charge in [-0.25, -0.2) is 9.18 Å². The molecule has 0 heterocycles. The lowest BCUT2D eigenvalue weighted by Crippen LogP contribution is -2.24. The van der Waals surface area contributed by atoms with Crippen molar-refractivity contribution >= 4 is 5.97 Å². The van der Waals surface area contributed by atoms with E-state index in [9.17, 15) is 13.6 Å². The van der Waals surface area contributed by atoms with Crippen molar-refractivity contribution in [2.45, 2.75) is 31.8 Å². The fraction of sp³-hybridized carbons (Fsp3) is 0.333. The van der Waals surface area contributed by atoms with Crippen molar-refractivity contribution in [2.75, 3.05) is 0 Å². The summed E-state index contributed by atoms with van der Waals surface area (Å²) in [4.78, 5) is 11.9. The molecule has 0 N–H and O–H groups in total. The van der Waals surface area contributed by atoms with Crippen LogP contribution in [-0.2, 0) is 4.74 Å². The number of hydrogen-bond donors (Lipinski definition) is 0. The third-order valence-electron chi connectivity index (χ3n) is 3.81. The zero-order chi connectivity index (χ0) is 16.7. The van der Waals surface area contributed by atoms with Gasteiger partial charge in [0, 0.05) is 0 Å². The molecule has 120 valence electrons. The molecular weight excluding hydrogens is 300 g/mol. The van der Waals surface area contributed by atoms with Crippen LogP contribution in [0.5, 0.6) is 0 Å². The lowest BCUT2D eigenvalue weighted by Gasteiger charge is -2.26. The van der Waals surface area contributed by atoms with E-state index in [1.807, 2.05) is 6.08 Å². The molecule has 1 aromatic rings. The monoisotopic (exact) mass is 317 g/mol. The minimum Gasteiger partial charge on any atom is -0.459 e. The van der Waals surface area contributed by atoms with Crippen molar-refractivity contribution in [3.63, 3.8) is 0 Å². The molecule has 0 atom stereocenters. The number of benzene rings is 1. The van der Waals surface area contributed by atoms with E-state index in [1.54, 1.807) is 6.08 Å². The van der Waals surface area contributed by atoms with E-state index in [4.69, 9.17) is 10.00 Å². The first kappa shape index (κ1) is 16.9. The standard InChI is InChI=1S/C18H17F2NO2/c19-15-8-6-14(7-9-15)18(22)23-17-10-4-13(5-11-17)2-1-3-16(20)12-21/h1-3,6-9,13,17H,4-5,10-11H2. The van der Waals surface area contributed by atoms with Crippen LogP contribution in [0.25, 0.3) is 0 Å². The smallest absolute Gasteiger partial charge is 0.338 e. The van der Waals surface area contributed by atoms with Crippen LogP contribution in [-0.4, -0.2) is 12.1 Å². The van der Waals surface area contributed by atoms with Gasteiger partial charge in [-0.05, 0) is 61.9 Å². The molecule has 0 saturated heterocycles. The first-order chi connectivity index (χ1) is 11.1. The number of esters is 1. The second-order valence-electron chi connectivity index (χ2n) is 5.46. The molecule has 5 heteroatoms. The Morgan fingerprint density at radius 2 is 1.87 bits per heavy atom. The van der Waals surface area contributed by atoms with Gasteiger partial charge in [0.15, 0.2) is 5.83 Å². The highest BCUT2D eigenvalue weighted by atomic mass is 19.1. The summed E-state index contributed by atoms with van der Waals surface area (Å²) in [5, 5.41) is 8.30. The molecule has 0 aliphatic heterocycles. The van der Waals surface area contributed by atoms with Gasteiger partial charge in [0.25, 0.3) is 0 Å². The summed E-state index contributed by atoms with van der Waals surface area (Å²) in [7, 11) is 0. The summed E-state index contributed by atoms with van der Waals surface area (Å²) < 4.78 is 30.9. The number of ether oxygens (including phenoxy) is 1. The van der Waals surface area contributed by atoms with Crippen LogP contribution >= 0.6 is 0 Å². The highest BCUT2D eigenvalue weighted by Crippen LogP contribution is 2.27. The van der Waals surface area contributed by atoms with Gasteiger partial charge in [0.05, 0.1) is 5.56 Å². The quantitative estimate of drug-likeness (QED) is 0.467. The molecule has 1 saturated carbocycles. The molecule has 1 aliphatic carbocycles. The van der Waals surface area contributed by atoms with E-state index in [0.717, 1.165) is 31.8 Å². The average Bonchev–Trinajstić information content (AvgIpc) is 2.56. The number of carbonyl (C=O) groups is 1. The van der Waals surface area contributed by atoms with Gasteiger partial charge in [-0.2, -0.15) is 9.65 Å². The Bertz CT molecular complexity index is 636. The van der Waals surface area contributed by atoms with Crippen molar-refractivity contribution in [2.24, 2.45) is 5.92 Å². The largest absolute Gasteiger partial charge is 0.459 e. The Labute approximate surface area is 133 Å². The Kier molecular flexibility index (Phi) is 6.04. The number of halogens is 2. The molecule has 1 aromatic carbocycles. The Hall–Kier alpha value is -2.48. The summed E-state index contributed by atoms with van der Waals surface area (Å²) in [6.45, 7) is 0. The molecule has 0 unspecified atom stereocenters. The van der Waals surface area contributed by atoms with Crippen LogP contribution < -0.4 is 0 Å². The van der Waals surface area contributed by atoms with Gasteiger partial charge in [0.2, 0.25) is 0 Å². The lowest BCUT2D eigenvalue weighted by atomic mass is 9.87. The summed E-state index contributed by atoms with van der Waals surface area (Å²) in [5.74, 6) is -1.36. The van der Waals surface area contributed by atoms with Crippen LogP contribution in [0.1, 0.15) is 36.0 Å². The molecule has 0 aromatic heterocycles. The lowest BCUT2D eigenvalue weighted by molar-refractivity contribution is 0.0185. The molecule has 1 aliphatic rings. The van der Waals surface area contributed by atoms with Crippen molar-refractivity contribution in [1.82, 2.24) is 0 Å². The molecular formula is C18H17F2NO2. The summed E-state index contributed by atoms with van der Waals surface area (Å²) >= 11 is 0. The van der Waals surface area contributed by atoms with Crippen molar-refractivity contribution < 1.29 is 18.3 Å². The van der Waals surface area contributed by atoms with E-state index < -0.39 is 17.6 Å². The SMILES string of the molecule is N#CC(F)=CC=CC1CCC(OC(=O)c2ccc(F)cc2)CC1. The molecule has 0 amide bonds. The van der Waals surface area contributed by atoms with Crippen molar-refractivity contribution in [3.05, 3.63) is 59.7 Å². The molecule has 1 fully saturated rings. The van der Waals surface area contributed by atoms with E-state index >= 15 is 0 Å². The number of carbonyl (C=O) groups excluding carboxylic acids is 1. The van der Waals surface area contributed by atoms with Gasteiger partial charge in [-0.15, -0.1) is 0 Å². The van der Waals surface area contributed by atoms with E-state index in [1.165, 1.54) is 30.3 Å². The van der Waals surface area contributed by atoms with Crippen LogP contribution in [0.2, 0.25) is 0 Å². The summed E-state index contributed by atoms with van der Waals surface area (Å²) in [6, 6.07) is 6.68. The number of nitrogens with zero attached hydrogens (tertiary/aromatic N) is 1. The maximum Gasteiger partial charge on any atom is 0.338 e. The van der Waals surface area contributed by atoms with Crippen LogP contribution in [0.4, 0.5) is 8.78 Å². The maximum atomic E-state index is 12.8. The Balaban J connectivity index is 1.79. The third kappa shape index (κ3) is 5.33. The van der Waals surface area contributed by atoms with Gasteiger partial charge >= 0.3 is 5.97 Å². The number of rotatable bonds is 4. The fourth-order valence-electron chi connectivity index (χ4n) is 2.54. The first-order valence-corrected chi connectivity index (χ1v) is 7.49. The molecule has 23 heavy (non-hydrogen) atoms. The zero-order valence-electron chi connectivity index (χ0n) is 12.5. The van der Waals surface area contributed by atoms with Crippen LogP contribution in [0, 0.1) is 23.1 Å². The minimum absolute atomic E-state index is 0.149. The second kappa shape index (κ2) is 8.23. The zero-order valence-corrected chi connectivity index (χ0v) is 12.5. The van der Waals surface area contributed by atoms with Gasteiger partial charge in [0.1, 0.15) is 18.0 Å². The normalized spacial score (nSPS) is 21.9. The average molecular weight is 317 g/mol. The van der Waals surface area contributed by atoms with Crippen LogP contribution in [0.15, 0.2) is 48.3 Å². The molecule has 0 spiro atoms. The first-order valence-electron chi connectivity index (χ1n) is 7.49. The number of nitriles is 1. The number of hydrogen-bond acceptors (Lipinski definition) is 3. The predicted molar refractivity (Wildman–Crippen MR) is 81.5 cm³/mol. The fourth-order valence-corrected chi connectivity index (χ4v) is 2.54. The summed E-state index contributed by atoms with van der Waals surface area (Å²) in [5.41, 5.74) is 0.338. The second-order valence-corrected chi connectivity index (χ2v) is 5.46. The topological polar surface area (TPSA) is 50.1 Å². The molecule has 0 radical (unpaired) electrons. The van der Waals surface area contributed by atoms with Crippen molar-refractivity contribution in [1.29, 1.82) is 5.26 Å². The van der Waals surface area contributed by atoms with E-state index in [-0.39, 0.29) is 6.10 Å². The Morgan fingerprint density at radius 1 is 1.22 bits per heavy atom. The van der Waals surface area contributed by atoms with Gasteiger partial charge in [-0.3, -0.25) is 0 Å². The highest BCUT2D eigenvalue weighted by molar-refractivity contribution is 5.89. The summed E-state index contributed by atoms with van der Waals surface area (Å²) in [6.07, 6.45) is 7.53. The Morgan fingerprint density at radius 3 is 2.48 bits per heavy atom. The minimum atomic E-state index is -0.817. The predicted octanol–water partition coefficient (Wildman–Crippen LogP) is 4.47. The number of allylic oxidation sites excluding steroid dienone is 4. The van der Waals surface area contributed by atoms with Gasteiger partial charge < -0.3 is 4.74 Å². The van der Waals surface area contributed by atoms with E-state index in [2.05, 4.69) is 0 Å². The van der Waals surface area contributed by atoms with Gasteiger partial charge in [-0.1, -0.05) is 12.2 Å². The molecule has 3 nitrogen and oxygen atoms in total. The van der Waals surface area contributed by atoms with Crippen LogP contribution in [0.3, 0.4) is 0 Å². The highest BCUT2D eigenvalue weighted by Gasteiger charge is 2.23.